The van der Waals surface area contributed by atoms with Gasteiger partial charge in [0.05, 0.1) is 23.5 Å². The molecule has 2 aromatic rings. The van der Waals surface area contributed by atoms with Gasteiger partial charge in [-0.15, -0.1) is 11.8 Å². The maximum atomic E-state index is 14.1. The molecule has 3 aliphatic heterocycles. The summed E-state index contributed by atoms with van der Waals surface area (Å²) in [5.74, 6) is -0.152. The van der Waals surface area contributed by atoms with Crippen LogP contribution in [0, 0.1) is 22.7 Å². The summed E-state index contributed by atoms with van der Waals surface area (Å²) in [7, 11) is 3.42. The molecule has 0 spiro atoms. The van der Waals surface area contributed by atoms with Crippen LogP contribution in [0.1, 0.15) is 83.9 Å². The fourth-order valence-corrected chi connectivity index (χ4v) is 12.9. The Kier molecular flexibility index (Phi) is 32.5. The number of hydrogen-bond acceptors (Lipinski definition) is 10. The molecule has 68 heavy (non-hydrogen) atoms. The van der Waals surface area contributed by atoms with Gasteiger partial charge in [0.1, 0.15) is 17.9 Å². The van der Waals surface area contributed by atoms with Crippen LogP contribution < -0.4 is 26.6 Å². The van der Waals surface area contributed by atoms with Crippen molar-refractivity contribution in [3.63, 3.8) is 0 Å². The Morgan fingerprint density at radius 2 is 1.13 bits per heavy atom. The van der Waals surface area contributed by atoms with E-state index in [1.54, 1.807) is 56.4 Å². The molecule has 4 fully saturated rings. The molecule has 4 amide bonds. The topological polar surface area (TPSA) is 166 Å². The van der Waals surface area contributed by atoms with Gasteiger partial charge in [0, 0.05) is 29.2 Å². The minimum atomic E-state index is -0.682. The molecule has 390 valence electrons. The average molecular weight is 1130 g/mol. The summed E-state index contributed by atoms with van der Waals surface area (Å²) in [6, 6.07) is 13.2. The standard InChI is InChI=1S/C46H64N6O6S2.8H2S/c1-26(47-7)41(55)50-32-19-21-59-35-24-45(3,4)38(37(35)39(32)54)34(53)23-30-13-11-28(12-14-30)9-10-29-15-17-31(18-16-29)49-43(57)40-46(5,6)25-36-52(40)44(58)33(20-22-60-36)51-42(56)27(2)48-8;;;;;;;;/h11-18,26-27,32-33,35-38,40,47-48H,9-10,19-25H2,1-8H3,(H,49,57)(H,50,55)(H,51,56);8*1H2/t26-,27-,32-,33-,35-,36-,37?,38-,40?;;;;;;;;/m0......../s1. The third kappa shape index (κ3) is 16.8. The number of aryl methyl sites for hydroxylation is 2. The number of thioether (sulfide) groups is 2. The van der Waals surface area contributed by atoms with Gasteiger partial charge < -0.3 is 31.5 Å². The number of carbonyl (C=O) groups excluding carboxylic acids is 6. The van der Waals surface area contributed by atoms with Crippen LogP contribution in [-0.4, -0.2) is 107 Å². The van der Waals surface area contributed by atoms with Gasteiger partial charge in [-0.2, -0.15) is 120 Å². The largest absolute Gasteiger partial charge is 0.345 e. The number of likely N-dealkylation sites (N-methyl/N-ethyl adjacent to an activating group) is 2. The second-order valence-corrected chi connectivity index (χ2v) is 21.2. The van der Waals surface area contributed by atoms with Crippen LogP contribution in [0.5, 0.6) is 0 Å². The van der Waals surface area contributed by atoms with Crippen molar-refractivity contribution in [3.05, 3.63) is 65.2 Å². The van der Waals surface area contributed by atoms with Gasteiger partial charge in [-0.1, -0.05) is 64.1 Å². The molecule has 0 bridgehead atoms. The number of hydrogen-bond donors (Lipinski definition) is 5. The number of carbonyl (C=O) groups is 6. The van der Waals surface area contributed by atoms with Gasteiger partial charge in [-0.05, 0) is 118 Å². The fourth-order valence-electron chi connectivity index (χ4n) is 9.57. The molecule has 12 nitrogen and oxygen atoms in total. The minimum absolute atomic E-state index is 0. The van der Waals surface area contributed by atoms with E-state index >= 15 is 0 Å². The Bertz CT molecular complexity index is 1810. The maximum absolute atomic E-state index is 14.1. The quantitative estimate of drug-likeness (QED) is 0.165. The SMILES string of the molecule is CN[C@@H](C)C(=O)N[C@H]1CCS[C@H]2CC(C)(C)[C@@H](C(=O)Cc3ccc(CCc4ccc(NC(=O)C5N6C(=O)[C@@H](NC(=O)[C@H](C)NC)CCS[C@H]6CC5(C)C)cc4)cc3)C2C1=O.S.S.S.S.S.S.S.S. The van der Waals surface area contributed by atoms with E-state index in [2.05, 4.69) is 52.6 Å². The summed E-state index contributed by atoms with van der Waals surface area (Å²) in [5.41, 5.74) is 3.05. The zero-order chi connectivity index (χ0) is 43.5. The summed E-state index contributed by atoms with van der Waals surface area (Å²) in [6.45, 7) is 11.8. The summed E-state index contributed by atoms with van der Waals surface area (Å²) in [4.78, 5) is 83.0. The molecule has 1 saturated carbocycles. The molecule has 3 saturated heterocycles. The molecule has 2 aromatic carbocycles. The van der Waals surface area contributed by atoms with Crippen LogP contribution in [0.25, 0.3) is 0 Å². The van der Waals surface area contributed by atoms with Gasteiger partial charge in [-0.25, -0.2) is 0 Å². The lowest BCUT2D eigenvalue weighted by Crippen LogP contribution is -2.57. The third-order valence-corrected chi connectivity index (χ3v) is 15.9. The van der Waals surface area contributed by atoms with Crippen molar-refractivity contribution in [1.29, 1.82) is 0 Å². The Morgan fingerprint density at radius 3 is 1.66 bits per heavy atom. The first-order chi connectivity index (χ1) is 28.4. The smallest absolute Gasteiger partial charge is 0.247 e. The molecule has 3 heterocycles. The van der Waals surface area contributed by atoms with Crippen LogP contribution in [0.3, 0.4) is 0 Å². The molecule has 2 unspecified atom stereocenters. The highest BCUT2D eigenvalue weighted by Crippen LogP contribution is 2.53. The van der Waals surface area contributed by atoms with Crippen LogP contribution in [0.15, 0.2) is 48.5 Å². The number of benzene rings is 2. The number of nitrogens with one attached hydrogen (secondary N) is 5. The van der Waals surface area contributed by atoms with Crippen LogP contribution in [0.4, 0.5) is 5.69 Å². The van der Waals surface area contributed by atoms with Gasteiger partial charge in [0.15, 0.2) is 5.78 Å². The van der Waals surface area contributed by atoms with Crippen molar-refractivity contribution in [1.82, 2.24) is 26.2 Å². The van der Waals surface area contributed by atoms with E-state index in [9.17, 15) is 28.8 Å². The molecule has 0 radical (unpaired) electrons. The molecule has 6 rings (SSSR count). The molecule has 22 heteroatoms. The van der Waals surface area contributed by atoms with Gasteiger partial charge in [0.2, 0.25) is 23.6 Å². The lowest BCUT2D eigenvalue weighted by molar-refractivity contribution is -0.142. The molecule has 5 N–H and O–H groups in total. The van der Waals surface area contributed by atoms with Gasteiger partial charge >= 0.3 is 0 Å². The number of amides is 4. The number of anilines is 1. The van der Waals surface area contributed by atoms with Crippen molar-refractivity contribution < 1.29 is 28.8 Å². The Hall–Kier alpha value is -0.920. The van der Waals surface area contributed by atoms with Gasteiger partial charge in [0.25, 0.3) is 0 Å². The molecular formula is C46H80N6O6S10. The number of fused-ring (bicyclic) bond motifs is 2. The number of rotatable bonds is 14. The Morgan fingerprint density at radius 1 is 0.662 bits per heavy atom. The Labute approximate surface area is 469 Å². The lowest BCUT2D eigenvalue weighted by Gasteiger charge is -2.34. The summed E-state index contributed by atoms with van der Waals surface area (Å²) in [5, 5.41) is 14.7. The van der Waals surface area contributed by atoms with Crippen molar-refractivity contribution >= 4 is 172 Å². The molecule has 4 aliphatic rings. The van der Waals surface area contributed by atoms with E-state index in [1.165, 1.54) is 0 Å². The predicted molar refractivity (Wildman–Crippen MR) is 323 cm³/mol. The second-order valence-electron chi connectivity index (χ2n) is 18.5. The third-order valence-electron chi connectivity index (χ3n) is 13.2. The molecule has 0 aromatic heterocycles. The van der Waals surface area contributed by atoms with E-state index in [1.807, 2.05) is 50.2 Å². The summed E-state index contributed by atoms with van der Waals surface area (Å²) in [6.07, 6.45) is 4.40. The number of nitrogens with zero attached hydrogens (tertiary/aromatic N) is 1. The van der Waals surface area contributed by atoms with E-state index in [-0.39, 0.29) is 166 Å². The predicted octanol–water partition coefficient (Wildman–Crippen LogP) is 5.44. The lowest BCUT2D eigenvalue weighted by atomic mass is 9.72. The first-order valence-corrected chi connectivity index (χ1v) is 23.6. The van der Waals surface area contributed by atoms with E-state index in [4.69, 9.17) is 0 Å². The normalized spacial score (nSPS) is 24.8. The zero-order valence-corrected chi connectivity index (χ0v) is 50.0. The van der Waals surface area contributed by atoms with Crippen molar-refractivity contribution in [3.8, 4) is 0 Å². The Balaban J connectivity index is -0.00000528. The van der Waals surface area contributed by atoms with Crippen molar-refractivity contribution in [2.75, 3.05) is 30.9 Å². The molecule has 9 atom stereocenters. The van der Waals surface area contributed by atoms with E-state index in [0.29, 0.717) is 30.7 Å². The highest BCUT2D eigenvalue weighted by atomic mass is 32.2. The first-order valence-electron chi connectivity index (χ1n) is 21.5. The minimum Gasteiger partial charge on any atom is -0.345 e. The first kappa shape index (κ1) is 71.3. The summed E-state index contributed by atoms with van der Waals surface area (Å²) < 4.78 is 0. The van der Waals surface area contributed by atoms with Gasteiger partial charge in [-0.3, -0.25) is 28.8 Å². The number of ketones is 2. The van der Waals surface area contributed by atoms with E-state index in [0.717, 1.165) is 41.7 Å². The van der Waals surface area contributed by atoms with Crippen molar-refractivity contribution in [2.24, 2.45) is 22.7 Å². The highest BCUT2D eigenvalue weighted by Gasteiger charge is 2.57. The number of Topliss-reactive ketones (excluding diaryl/α,β-unsaturated/α-hetero) is 2. The zero-order valence-electron chi connectivity index (χ0n) is 40.4. The van der Waals surface area contributed by atoms with Crippen molar-refractivity contribution in [2.45, 2.75) is 127 Å². The monoisotopic (exact) mass is 1130 g/mol. The van der Waals surface area contributed by atoms with Crippen LogP contribution in [0.2, 0.25) is 0 Å². The second kappa shape index (κ2) is 31.0. The molecule has 1 aliphatic carbocycles. The van der Waals surface area contributed by atoms with Crippen LogP contribution in [-0.2, 0) is 48.0 Å². The highest BCUT2D eigenvalue weighted by molar-refractivity contribution is 8.00. The summed E-state index contributed by atoms with van der Waals surface area (Å²) >= 11 is 3.44. The average Bonchev–Trinajstić information content (AvgIpc) is 3.53. The fraction of sp³-hybridized carbons (Fsp3) is 0.609. The van der Waals surface area contributed by atoms with E-state index < -0.39 is 47.5 Å². The molecular weight excluding hydrogens is 1050 g/mol. The van der Waals surface area contributed by atoms with Crippen LogP contribution >= 0.6 is 131 Å². The maximum Gasteiger partial charge on any atom is 0.247 e.